The van der Waals surface area contributed by atoms with Crippen molar-refractivity contribution in [3.05, 3.63) is 309 Å². The molecule has 0 aromatic heterocycles. The average molecular weight is 937 g/mol. The fraction of sp³-hybridized carbons (Fsp3) is 0.0606. The van der Waals surface area contributed by atoms with Gasteiger partial charge in [-0.05, 0) is 69.8 Å². The van der Waals surface area contributed by atoms with Crippen molar-refractivity contribution in [2.45, 2.75) is 11.8 Å². The van der Waals surface area contributed by atoms with E-state index in [9.17, 15) is 19.2 Å². The van der Waals surface area contributed by atoms with Gasteiger partial charge in [-0.1, -0.05) is 231 Å². The maximum atomic E-state index is 15.4. The van der Waals surface area contributed by atoms with Crippen LogP contribution in [0.15, 0.2) is 243 Å². The summed E-state index contributed by atoms with van der Waals surface area (Å²) in [7, 11) is 0. The van der Waals surface area contributed by atoms with Crippen molar-refractivity contribution in [1.29, 1.82) is 0 Å². The Morgan fingerprint density at radius 3 is 0.694 bits per heavy atom. The van der Waals surface area contributed by atoms with Crippen LogP contribution in [0.1, 0.15) is 107 Å². The SMILES string of the molecule is O=C(/C=C/c1cc(/C=C/C(=O)c2ccccc2)cc(C2C(C(=O)c3ccccc3)C(c3cc(/C=C/C(=O)c4ccccc4)cc(/C=C/C(=O)c4ccccc4)c3)C2C(=O)c2ccccc2)c1)c1ccccc1. The van der Waals surface area contributed by atoms with Crippen LogP contribution in [0.3, 0.4) is 0 Å². The van der Waals surface area contributed by atoms with Crippen molar-refractivity contribution < 1.29 is 28.8 Å². The van der Waals surface area contributed by atoms with Crippen molar-refractivity contribution in [3.8, 4) is 0 Å². The molecule has 0 bridgehead atoms. The van der Waals surface area contributed by atoms with Gasteiger partial charge in [0.05, 0.1) is 0 Å². The first-order valence-electron chi connectivity index (χ1n) is 23.8. The number of hydrogen-bond donors (Lipinski definition) is 0. The highest BCUT2D eigenvalue weighted by atomic mass is 16.1. The predicted octanol–water partition coefficient (Wildman–Crippen LogP) is 14.2. The first kappa shape index (κ1) is 47.8. The Morgan fingerprint density at radius 2 is 0.472 bits per heavy atom. The highest BCUT2D eigenvalue weighted by molar-refractivity contribution is 6.10. The van der Waals surface area contributed by atoms with Crippen LogP contribution in [-0.4, -0.2) is 34.7 Å². The molecule has 0 heterocycles. The molecule has 72 heavy (non-hydrogen) atoms. The number of carbonyl (C=O) groups is 6. The molecule has 0 saturated heterocycles. The predicted molar refractivity (Wildman–Crippen MR) is 286 cm³/mol. The van der Waals surface area contributed by atoms with Gasteiger partial charge >= 0.3 is 0 Å². The van der Waals surface area contributed by atoms with E-state index in [4.69, 9.17) is 0 Å². The van der Waals surface area contributed by atoms with Crippen LogP contribution in [0.4, 0.5) is 0 Å². The third-order valence-corrected chi connectivity index (χ3v) is 13.0. The van der Waals surface area contributed by atoms with Gasteiger partial charge < -0.3 is 0 Å². The molecule has 1 saturated carbocycles. The van der Waals surface area contributed by atoms with Gasteiger partial charge in [0.1, 0.15) is 0 Å². The monoisotopic (exact) mass is 936 g/mol. The number of benzene rings is 8. The highest BCUT2D eigenvalue weighted by Gasteiger charge is 2.58. The standard InChI is InChI=1S/C66H48O6/c67-57(49-19-7-1-8-20-49)35-31-45-39-46(32-36-58(68)50-21-9-2-10-22-50)42-55(41-45)61-63(65(71)53-27-15-5-16-28-53)62(64(61)66(72)54-29-17-6-18-30-54)56-43-47(33-37-59(69)51-23-11-3-12-24-51)40-48(44-56)34-38-60(70)52-25-13-4-14-26-52/h1-44,61-64H/b35-31+,36-32+,37-33+,38-34+. The van der Waals surface area contributed by atoms with Gasteiger partial charge in [-0.25, -0.2) is 0 Å². The minimum Gasteiger partial charge on any atom is -0.294 e. The summed E-state index contributed by atoms with van der Waals surface area (Å²) >= 11 is 0. The lowest BCUT2D eigenvalue weighted by molar-refractivity contribution is 0.0488. The average Bonchev–Trinajstić information content (AvgIpc) is 3.43. The maximum Gasteiger partial charge on any atom is 0.185 e. The summed E-state index contributed by atoms with van der Waals surface area (Å²) in [6, 6.07) is 65.2. The zero-order valence-electron chi connectivity index (χ0n) is 39.2. The molecule has 1 aliphatic carbocycles. The third kappa shape index (κ3) is 11.3. The molecule has 0 spiro atoms. The molecular formula is C66H48O6. The second kappa shape index (κ2) is 22.4. The van der Waals surface area contributed by atoms with Crippen LogP contribution in [0.5, 0.6) is 0 Å². The number of hydrogen-bond acceptors (Lipinski definition) is 6. The molecule has 0 radical (unpaired) electrons. The first-order chi connectivity index (χ1) is 35.2. The third-order valence-electron chi connectivity index (χ3n) is 13.0. The topological polar surface area (TPSA) is 102 Å². The van der Waals surface area contributed by atoms with Crippen molar-refractivity contribution in [1.82, 2.24) is 0 Å². The molecule has 0 amide bonds. The van der Waals surface area contributed by atoms with Gasteiger partial charge in [0, 0.05) is 57.1 Å². The molecule has 0 N–H and O–H groups in total. The molecule has 348 valence electrons. The minimum absolute atomic E-state index is 0.171. The second-order valence-electron chi connectivity index (χ2n) is 17.7. The smallest absolute Gasteiger partial charge is 0.185 e. The van der Waals surface area contributed by atoms with E-state index in [2.05, 4.69) is 0 Å². The van der Waals surface area contributed by atoms with E-state index in [1.807, 2.05) is 97.1 Å². The highest BCUT2D eigenvalue weighted by Crippen LogP contribution is 2.60. The van der Waals surface area contributed by atoms with E-state index < -0.39 is 23.7 Å². The summed E-state index contributed by atoms with van der Waals surface area (Å²) in [5, 5.41) is 0. The quantitative estimate of drug-likeness (QED) is 0.0627. The Hall–Kier alpha value is -9.26. The molecule has 8 aromatic carbocycles. The number of ketones is 6. The summed E-state index contributed by atoms with van der Waals surface area (Å²) in [4.78, 5) is 84.5. The summed E-state index contributed by atoms with van der Waals surface area (Å²) in [6.07, 6.45) is 12.9. The van der Waals surface area contributed by atoms with Gasteiger partial charge in [-0.3, -0.25) is 28.8 Å². The van der Waals surface area contributed by atoms with Crippen molar-refractivity contribution >= 4 is 59.0 Å². The van der Waals surface area contributed by atoms with Crippen LogP contribution in [0.25, 0.3) is 24.3 Å². The van der Waals surface area contributed by atoms with E-state index >= 15 is 9.59 Å². The molecule has 6 heteroatoms. The summed E-state index contributed by atoms with van der Waals surface area (Å²) in [5.41, 5.74) is 6.89. The number of rotatable bonds is 18. The van der Waals surface area contributed by atoms with Crippen LogP contribution in [0, 0.1) is 11.8 Å². The van der Waals surface area contributed by atoms with Gasteiger partial charge in [0.25, 0.3) is 0 Å². The Balaban J connectivity index is 1.21. The van der Waals surface area contributed by atoms with Crippen molar-refractivity contribution in [3.63, 3.8) is 0 Å². The van der Waals surface area contributed by atoms with E-state index in [0.29, 0.717) is 66.8 Å². The molecule has 1 fully saturated rings. The van der Waals surface area contributed by atoms with Gasteiger partial charge in [0.15, 0.2) is 34.7 Å². The Labute approximate surface area is 419 Å². The molecule has 9 rings (SSSR count). The van der Waals surface area contributed by atoms with Crippen molar-refractivity contribution in [2.75, 3.05) is 0 Å². The van der Waals surface area contributed by atoms with E-state index in [1.54, 1.807) is 146 Å². The Bertz CT molecular complexity index is 2990. The van der Waals surface area contributed by atoms with Gasteiger partial charge in [-0.15, -0.1) is 0 Å². The zero-order valence-corrected chi connectivity index (χ0v) is 39.2. The van der Waals surface area contributed by atoms with Crippen LogP contribution < -0.4 is 0 Å². The lowest BCUT2D eigenvalue weighted by atomic mass is 9.49. The molecule has 1 aliphatic rings. The van der Waals surface area contributed by atoms with Crippen molar-refractivity contribution in [2.24, 2.45) is 11.8 Å². The summed E-state index contributed by atoms with van der Waals surface area (Å²) < 4.78 is 0. The zero-order chi connectivity index (χ0) is 49.8. The number of allylic oxidation sites excluding steroid dienone is 4. The van der Waals surface area contributed by atoms with Crippen LogP contribution in [0.2, 0.25) is 0 Å². The largest absolute Gasteiger partial charge is 0.294 e. The van der Waals surface area contributed by atoms with Crippen LogP contribution in [-0.2, 0) is 0 Å². The Kier molecular flexibility index (Phi) is 14.9. The minimum atomic E-state index is -0.800. The molecule has 6 nitrogen and oxygen atoms in total. The Morgan fingerprint density at radius 1 is 0.264 bits per heavy atom. The van der Waals surface area contributed by atoms with E-state index in [0.717, 1.165) is 0 Å². The van der Waals surface area contributed by atoms with E-state index in [-0.39, 0.29) is 34.7 Å². The number of Topliss-reactive ketones (excluding diaryl/α,β-unsaturated/α-hetero) is 2. The fourth-order valence-electron chi connectivity index (χ4n) is 9.48. The first-order valence-corrected chi connectivity index (χ1v) is 23.8. The normalized spacial score (nSPS) is 16.4. The molecule has 0 aliphatic heterocycles. The molecule has 0 unspecified atom stereocenters. The lowest BCUT2D eigenvalue weighted by Gasteiger charge is -2.51. The van der Waals surface area contributed by atoms with Gasteiger partial charge in [0.2, 0.25) is 0 Å². The van der Waals surface area contributed by atoms with Gasteiger partial charge in [-0.2, -0.15) is 0 Å². The van der Waals surface area contributed by atoms with Crippen LogP contribution >= 0.6 is 0 Å². The molecule has 0 atom stereocenters. The fourth-order valence-corrected chi connectivity index (χ4v) is 9.48. The molecular weight excluding hydrogens is 889 g/mol. The maximum absolute atomic E-state index is 15.4. The second-order valence-corrected chi connectivity index (χ2v) is 17.7. The van der Waals surface area contributed by atoms with E-state index in [1.165, 1.54) is 24.3 Å². The lowest BCUT2D eigenvalue weighted by Crippen LogP contribution is -2.51. The summed E-state index contributed by atoms with van der Waals surface area (Å²) in [6.45, 7) is 0. The number of carbonyl (C=O) groups excluding carboxylic acids is 6. The molecule has 8 aromatic rings. The summed E-state index contributed by atoms with van der Waals surface area (Å²) in [5.74, 6) is -4.14.